The minimum absolute atomic E-state index is 0.0198. The van der Waals surface area contributed by atoms with Gasteiger partial charge in [-0.25, -0.2) is 13.1 Å². The summed E-state index contributed by atoms with van der Waals surface area (Å²) in [5, 5.41) is 11.9. The number of thiophene rings is 1. The lowest BCUT2D eigenvalue weighted by Gasteiger charge is -2.12. The minimum atomic E-state index is -3.61. The number of aliphatic hydroxyl groups excluding tert-OH is 1. The first kappa shape index (κ1) is 15.0. The van der Waals surface area contributed by atoms with Gasteiger partial charge in [-0.1, -0.05) is 23.8 Å². The van der Waals surface area contributed by atoms with E-state index in [9.17, 15) is 8.42 Å². The number of fused-ring (bicyclic) bond motifs is 1. The number of benzene rings is 1. The first-order valence-corrected chi connectivity index (χ1v) is 9.22. The lowest BCUT2D eigenvalue weighted by atomic mass is 10.1. The zero-order chi connectivity index (χ0) is 15.0. The summed E-state index contributed by atoms with van der Waals surface area (Å²) in [5.41, 5.74) is 0. The molecule has 21 heavy (non-hydrogen) atoms. The highest BCUT2D eigenvalue weighted by Crippen LogP contribution is 2.32. The highest BCUT2D eigenvalue weighted by atomic mass is 35.5. The molecule has 2 aromatic rings. The zero-order valence-corrected chi connectivity index (χ0v) is 13.4. The Kier molecular flexibility index (Phi) is 4.07. The lowest BCUT2D eigenvalue weighted by molar-refractivity contribution is 0.248. The fourth-order valence-electron chi connectivity index (χ4n) is 2.45. The third-order valence-electron chi connectivity index (χ3n) is 3.50. The number of hydrogen-bond acceptors (Lipinski definition) is 4. The maximum absolute atomic E-state index is 12.5. The van der Waals surface area contributed by atoms with Crippen LogP contribution in [-0.4, -0.2) is 26.2 Å². The van der Waals surface area contributed by atoms with E-state index in [1.165, 1.54) is 11.3 Å². The van der Waals surface area contributed by atoms with Crippen molar-refractivity contribution < 1.29 is 13.5 Å². The van der Waals surface area contributed by atoms with Gasteiger partial charge < -0.3 is 5.11 Å². The molecule has 112 valence electrons. The summed E-state index contributed by atoms with van der Waals surface area (Å²) in [6, 6.07) is 4.96. The van der Waals surface area contributed by atoms with Crippen molar-refractivity contribution in [3.8, 4) is 0 Å². The maximum Gasteiger partial charge on any atom is 0.242 e. The van der Waals surface area contributed by atoms with E-state index < -0.39 is 10.0 Å². The monoisotopic (exact) mass is 343 g/mol. The summed E-state index contributed by atoms with van der Waals surface area (Å²) in [7, 11) is -3.61. The smallest absolute Gasteiger partial charge is 0.242 e. The van der Waals surface area contributed by atoms with Crippen molar-refractivity contribution in [2.45, 2.75) is 17.4 Å². The summed E-state index contributed by atoms with van der Waals surface area (Å²) in [6.07, 6.45) is 4.22. The van der Waals surface area contributed by atoms with Crippen LogP contribution in [0.25, 0.3) is 10.1 Å². The van der Waals surface area contributed by atoms with Crippen LogP contribution in [0, 0.1) is 5.92 Å². The Bertz CT molecular complexity index is 798. The third kappa shape index (κ3) is 3.00. The number of sulfonamides is 1. The molecule has 0 radical (unpaired) electrons. The average molecular weight is 344 g/mol. The van der Waals surface area contributed by atoms with Crippen molar-refractivity contribution >= 4 is 43.0 Å². The van der Waals surface area contributed by atoms with Crippen molar-refractivity contribution in [1.82, 2.24) is 4.72 Å². The lowest BCUT2D eigenvalue weighted by Crippen LogP contribution is -2.32. The van der Waals surface area contributed by atoms with Gasteiger partial charge in [-0.05, 0) is 24.6 Å². The Morgan fingerprint density at radius 3 is 2.90 bits per heavy atom. The fourth-order valence-corrected chi connectivity index (χ4v) is 5.30. The fraction of sp³-hybridized carbons (Fsp3) is 0.286. The van der Waals surface area contributed by atoms with E-state index in [2.05, 4.69) is 4.72 Å². The first-order chi connectivity index (χ1) is 9.99. The molecule has 2 atom stereocenters. The molecule has 0 unspecified atom stereocenters. The molecule has 0 saturated heterocycles. The number of nitrogens with one attached hydrogen (secondary N) is 1. The molecule has 3 rings (SSSR count). The molecule has 0 spiro atoms. The Labute approximate surface area is 132 Å². The Morgan fingerprint density at radius 2 is 2.19 bits per heavy atom. The van der Waals surface area contributed by atoms with Crippen LogP contribution in [0.1, 0.15) is 6.42 Å². The molecule has 0 saturated carbocycles. The van der Waals surface area contributed by atoms with Crippen molar-refractivity contribution in [2.75, 3.05) is 6.61 Å². The standard InChI is InChI=1S/C14H14ClNO3S2/c15-10-2-4-13-12(6-10)14(8-20-13)21(18,19)16-11-3-1-9(5-11)7-17/h1-4,6,8-9,11,16-17H,5,7H2/t9-,11+/m0/s1. The Balaban J connectivity index is 1.90. The van der Waals surface area contributed by atoms with Gasteiger partial charge in [-0.3, -0.25) is 0 Å². The van der Waals surface area contributed by atoms with Crippen LogP contribution in [-0.2, 0) is 10.0 Å². The number of rotatable bonds is 4. The van der Waals surface area contributed by atoms with Crippen LogP contribution in [0.15, 0.2) is 40.6 Å². The van der Waals surface area contributed by atoms with Gasteiger partial charge >= 0.3 is 0 Å². The molecular formula is C14H14ClNO3S2. The molecule has 1 aliphatic rings. The van der Waals surface area contributed by atoms with Crippen LogP contribution in [0.5, 0.6) is 0 Å². The van der Waals surface area contributed by atoms with Gasteiger partial charge in [0, 0.05) is 39.1 Å². The average Bonchev–Trinajstić information content (AvgIpc) is 3.04. The van der Waals surface area contributed by atoms with Crippen molar-refractivity contribution in [3.63, 3.8) is 0 Å². The highest BCUT2D eigenvalue weighted by molar-refractivity contribution is 7.90. The zero-order valence-electron chi connectivity index (χ0n) is 11.0. The first-order valence-electron chi connectivity index (χ1n) is 6.48. The van der Waals surface area contributed by atoms with E-state index in [0.29, 0.717) is 16.8 Å². The van der Waals surface area contributed by atoms with Crippen LogP contribution in [0.3, 0.4) is 0 Å². The third-order valence-corrected chi connectivity index (χ3v) is 6.38. The summed E-state index contributed by atoms with van der Waals surface area (Å²) in [4.78, 5) is 0.255. The molecule has 1 heterocycles. The van der Waals surface area contributed by atoms with E-state index >= 15 is 0 Å². The molecule has 1 aromatic heterocycles. The quantitative estimate of drug-likeness (QED) is 0.839. The number of halogens is 1. The van der Waals surface area contributed by atoms with Gasteiger partial charge in [0.25, 0.3) is 0 Å². The van der Waals surface area contributed by atoms with E-state index in [1.807, 2.05) is 12.1 Å². The molecule has 4 nitrogen and oxygen atoms in total. The normalized spacial score (nSPS) is 22.2. The molecule has 2 N–H and O–H groups in total. The predicted molar refractivity (Wildman–Crippen MR) is 85.3 cm³/mol. The van der Waals surface area contributed by atoms with E-state index in [-0.39, 0.29) is 23.5 Å². The van der Waals surface area contributed by atoms with Crippen LogP contribution < -0.4 is 4.72 Å². The molecule has 0 amide bonds. The molecule has 0 aliphatic heterocycles. The molecule has 7 heteroatoms. The van der Waals surface area contributed by atoms with Gasteiger partial charge in [-0.15, -0.1) is 11.3 Å². The predicted octanol–water partition coefficient (Wildman–Crippen LogP) is 2.77. The Morgan fingerprint density at radius 1 is 1.38 bits per heavy atom. The molecule has 1 aliphatic carbocycles. The largest absolute Gasteiger partial charge is 0.396 e. The summed E-state index contributed by atoms with van der Waals surface area (Å²) < 4.78 is 28.6. The molecular weight excluding hydrogens is 330 g/mol. The molecule has 1 aromatic carbocycles. The van der Waals surface area contributed by atoms with Crippen LogP contribution in [0.2, 0.25) is 5.02 Å². The second-order valence-corrected chi connectivity index (χ2v) is 8.06. The van der Waals surface area contributed by atoms with Gasteiger partial charge in [0.05, 0.1) is 0 Å². The second kappa shape index (κ2) is 5.70. The second-order valence-electron chi connectivity index (χ2n) is 5.03. The van der Waals surface area contributed by atoms with Crippen molar-refractivity contribution in [3.05, 3.63) is 40.8 Å². The highest BCUT2D eigenvalue weighted by Gasteiger charge is 2.26. The van der Waals surface area contributed by atoms with Crippen molar-refractivity contribution in [1.29, 1.82) is 0 Å². The summed E-state index contributed by atoms with van der Waals surface area (Å²) in [5.74, 6) is 0.0198. The molecule has 0 bridgehead atoms. The SMILES string of the molecule is O=S(=O)(N[C@@H]1C=C[C@H](CO)C1)c1csc2ccc(Cl)cc12. The van der Waals surface area contributed by atoms with Crippen molar-refractivity contribution in [2.24, 2.45) is 5.92 Å². The summed E-state index contributed by atoms with van der Waals surface area (Å²) >= 11 is 7.33. The number of hydrogen-bond donors (Lipinski definition) is 2. The van der Waals surface area contributed by atoms with Gasteiger partial charge in [0.2, 0.25) is 10.0 Å². The van der Waals surface area contributed by atoms with Gasteiger partial charge in [-0.2, -0.15) is 0 Å². The van der Waals surface area contributed by atoms with Gasteiger partial charge in [0.1, 0.15) is 4.90 Å². The number of aliphatic hydroxyl groups is 1. The maximum atomic E-state index is 12.5. The van der Waals surface area contributed by atoms with Gasteiger partial charge in [0.15, 0.2) is 0 Å². The van der Waals surface area contributed by atoms with Crippen LogP contribution >= 0.6 is 22.9 Å². The van der Waals surface area contributed by atoms with E-state index in [4.69, 9.17) is 16.7 Å². The van der Waals surface area contributed by atoms with E-state index in [1.54, 1.807) is 23.6 Å². The molecule has 0 fully saturated rings. The van der Waals surface area contributed by atoms with E-state index in [0.717, 1.165) is 4.70 Å². The van der Waals surface area contributed by atoms with Crippen LogP contribution in [0.4, 0.5) is 0 Å². The Hall–Kier alpha value is -0.920. The summed E-state index contributed by atoms with van der Waals surface area (Å²) in [6.45, 7) is 0.0334. The topological polar surface area (TPSA) is 66.4 Å². The minimum Gasteiger partial charge on any atom is -0.396 e.